The number of nitrogens with one attached hydrogen (secondary N) is 2. The zero-order valence-corrected chi connectivity index (χ0v) is 11.8. The van der Waals surface area contributed by atoms with Crippen LogP contribution in [0, 0.1) is 0 Å². The van der Waals surface area contributed by atoms with E-state index in [9.17, 15) is 9.90 Å². The Kier molecular flexibility index (Phi) is 5.18. The summed E-state index contributed by atoms with van der Waals surface area (Å²) >= 11 is 0. The van der Waals surface area contributed by atoms with E-state index in [-0.39, 0.29) is 5.91 Å². The maximum absolute atomic E-state index is 11.7. The lowest BCUT2D eigenvalue weighted by Crippen LogP contribution is -2.33. The maximum Gasteiger partial charge on any atom is 0.253 e. The first kappa shape index (κ1) is 15.3. The van der Waals surface area contributed by atoms with Crippen molar-refractivity contribution in [3.05, 3.63) is 23.8 Å². The molecule has 0 radical (unpaired) electrons. The molecule has 19 heavy (non-hydrogen) atoms. The number of aliphatic hydroxyl groups is 1. The lowest BCUT2D eigenvalue weighted by Gasteiger charge is -2.24. The number of benzene rings is 1. The zero-order chi connectivity index (χ0) is 14.5. The number of carbonyl (C=O) groups excluding carboxylic acids is 1. The van der Waals surface area contributed by atoms with Gasteiger partial charge in [-0.2, -0.15) is 0 Å². The van der Waals surface area contributed by atoms with E-state index in [0.717, 1.165) is 6.42 Å². The molecule has 1 amide bonds. The van der Waals surface area contributed by atoms with E-state index in [2.05, 4.69) is 10.6 Å². The Morgan fingerprint density at radius 2 is 2.16 bits per heavy atom. The minimum absolute atomic E-state index is 0.183. The molecule has 0 aliphatic carbocycles. The first-order valence-electron chi connectivity index (χ1n) is 6.47. The van der Waals surface area contributed by atoms with Gasteiger partial charge in [-0.1, -0.05) is 13.3 Å². The summed E-state index contributed by atoms with van der Waals surface area (Å²) in [6.07, 6.45) is 1.59. The second-order valence-corrected chi connectivity index (χ2v) is 4.98. The highest BCUT2D eigenvalue weighted by atomic mass is 16.3. The Bertz CT molecular complexity index is 444. The van der Waals surface area contributed by atoms with Crippen LogP contribution in [0.15, 0.2) is 18.2 Å². The molecule has 1 aromatic carbocycles. The highest BCUT2D eigenvalue weighted by molar-refractivity contribution is 6.00. The largest absolute Gasteiger partial charge is 0.399 e. The van der Waals surface area contributed by atoms with Gasteiger partial charge in [-0.05, 0) is 31.5 Å². The minimum atomic E-state index is -0.806. The molecule has 5 heteroatoms. The van der Waals surface area contributed by atoms with Crippen molar-refractivity contribution in [2.24, 2.45) is 0 Å². The first-order chi connectivity index (χ1) is 8.89. The third kappa shape index (κ3) is 4.44. The summed E-state index contributed by atoms with van der Waals surface area (Å²) in [5.41, 5.74) is 6.65. The van der Waals surface area contributed by atoms with Crippen molar-refractivity contribution < 1.29 is 9.90 Å². The summed E-state index contributed by atoms with van der Waals surface area (Å²) in [4.78, 5) is 11.7. The van der Waals surface area contributed by atoms with Gasteiger partial charge in [0.15, 0.2) is 0 Å². The van der Waals surface area contributed by atoms with Crippen LogP contribution < -0.4 is 16.4 Å². The first-order valence-corrected chi connectivity index (χ1v) is 6.47. The standard InChI is InChI=1S/C14H23N3O2/c1-4-7-14(2,19)9-17-12-8-10(15)5-6-11(12)13(18)16-3/h5-6,8,17,19H,4,7,9,15H2,1-3H3,(H,16,18). The molecule has 1 unspecified atom stereocenters. The molecule has 0 spiro atoms. The number of nitrogens with two attached hydrogens (primary N) is 1. The monoisotopic (exact) mass is 265 g/mol. The molecule has 0 aliphatic rings. The molecule has 1 aromatic rings. The molecule has 1 atom stereocenters. The topological polar surface area (TPSA) is 87.4 Å². The van der Waals surface area contributed by atoms with Crippen molar-refractivity contribution in [1.82, 2.24) is 5.32 Å². The number of rotatable bonds is 6. The quantitative estimate of drug-likeness (QED) is 0.588. The number of nitrogen functional groups attached to an aromatic ring is 1. The van der Waals surface area contributed by atoms with Gasteiger partial charge < -0.3 is 21.5 Å². The average molecular weight is 265 g/mol. The minimum Gasteiger partial charge on any atom is -0.399 e. The fraction of sp³-hybridized carbons (Fsp3) is 0.500. The molecule has 0 saturated heterocycles. The third-order valence-corrected chi connectivity index (χ3v) is 2.96. The smallest absolute Gasteiger partial charge is 0.253 e. The van der Waals surface area contributed by atoms with Crippen LogP contribution in [-0.4, -0.2) is 30.2 Å². The molecule has 0 aliphatic heterocycles. The van der Waals surface area contributed by atoms with Crippen molar-refractivity contribution in [2.75, 3.05) is 24.6 Å². The Morgan fingerprint density at radius 3 is 2.74 bits per heavy atom. The molecular weight excluding hydrogens is 242 g/mol. The second kappa shape index (κ2) is 6.43. The van der Waals surface area contributed by atoms with Crippen LogP contribution in [-0.2, 0) is 0 Å². The summed E-state index contributed by atoms with van der Waals surface area (Å²) in [5.74, 6) is -0.183. The average Bonchev–Trinajstić information content (AvgIpc) is 2.35. The van der Waals surface area contributed by atoms with Gasteiger partial charge in [-0.3, -0.25) is 4.79 Å². The van der Waals surface area contributed by atoms with Gasteiger partial charge >= 0.3 is 0 Å². The van der Waals surface area contributed by atoms with Crippen molar-refractivity contribution in [3.8, 4) is 0 Å². The van der Waals surface area contributed by atoms with E-state index in [1.54, 1.807) is 32.2 Å². The summed E-state index contributed by atoms with van der Waals surface area (Å²) in [6.45, 7) is 4.16. The predicted octanol–water partition coefficient (Wildman–Crippen LogP) is 1.59. The molecule has 106 valence electrons. The Labute approximate surface area is 114 Å². The van der Waals surface area contributed by atoms with E-state index in [1.165, 1.54) is 0 Å². The van der Waals surface area contributed by atoms with Crippen LogP contribution in [0.25, 0.3) is 0 Å². The summed E-state index contributed by atoms with van der Waals surface area (Å²) in [7, 11) is 1.58. The third-order valence-electron chi connectivity index (χ3n) is 2.96. The molecule has 5 N–H and O–H groups in total. The van der Waals surface area contributed by atoms with Gasteiger partial charge in [0.05, 0.1) is 11.2 Å². The Hall–Kier alpha value is -1.75. The molecule has 0 heterocycles. The molecule has 5 nitrogen and oxygen atoms in total. The van der Waals surface area contributed by atoms with Gasteiger partial charge in [0.25, 0.3) is 5.91 Å². The van der Waals surface area contributed by atoms with Crippen LogP contribution in [0.2, 0.25) is 0 Å². The summed E-state index contributed by atoms with van der Waals surface area (Å²) < 4.78 is 0. The van der Waals surface area contributed by atoms with Crippen LogP contribution in [0.1, 0.15) is 37.0 Å². The van der Waals surface area contributed by atoms with Gasteiger partial charge in [-0.25, -0.2) is 0 Å². The van der Waals surface area contributed by atoms with Gasteiger partial charge in [0, 0.05) is 25.0 Å². The number of carbonyl (C=O) groups is 1. The molecular formula is C14H23N3O2. The van der Waals surface area contributed by atoms with E-state index >= 15 is 0 Å². The maximum atomic E-state index is 11.7. The molecule has 0 saturated carbocycles. The highest BCUT2D eigenvalue weighted by Crippen LogP contribution is 2.21. The Morgan fingerprint density at radius 1 is 1.47 bits per heavy atom. The number of hydrogen-bond donors (Lipinski definition) is 4. The summed E-state index contributed by atoms with van der Waals surface area (Å²) in [6, 6.07) is 5.05. The van der Waals surface area contributed by atoms with Crippen molar-refractivity contribution >= 4 is 17.3 Å². The van der Waals surface area contributed by atoms with E-state index in [1.807, 2.05) is 6.92 Å². The van der Waals surface area contributed by atoms with E-state index in [4.69, 9.17) is 5.73 Å². The van der Waals surface area contributed by atoms with E-state index < -0.39 is 5.60 Å². The van der Waals surface area contributed by atoms with Gasteiger partial charge in [-0.15, -0.1) is 0 Å². The van der Waals surface area contributed by atoms with Crippen LogP contribution in [0.5, 0.6) is 0 Å². The molecule has 1 rings (SSSR count). The molecule has 0 aromatic heterocycles. The Balaban J connectivity index is 2.87. The number of anilines is 2. The van der Waals surface area contributed by atoms with Crippen LogP contribution in [0.3, 0.4) is 0 Å². The fourth-order valence-electron chi connectivity index (χ4n) is 1.95. The highest BCUT2D eigenvalue weighted by Gasteiger charge is 2.20. The second-order valence-electron chi connectivity index (χ2n) is 4.98. The van der Waals surface area contributed by atoms with E-state index in [0.29, 0.717) is 29.9 Å². The van der Waals surface area contributed by atoms with Crippen molar-refractivity contribution in [2.45, 2.75) is 32.3 Å². The normalized spacial score (nSPS) is 13.7. The number of hydrogen-bond acceptors (Lipinski definition) is 4. The van der Waals surface area contributed by atoms with Gasteiger partial charge in [0.2, 0.25) is 0 Å². The lowest BCUT2D eigenvalue weighted by atomic mass is 10.0. The van der Waals surface area contributed by atoms with Crippen molar-refractivity contribution in [1.29, 1.82) is 0 Å². The fourth-order valence-corrected chi connectivity index (χ4v) is 1.95. The molecule has 0 fully saturated rings. The molecule has 0 bridgehead atoms. The number of amides is 1. The van der Waals surface area contributed by atoms with Crippen LogP contribution in [0.4, 0.5) is 11.4 Å². The van der Waals surface area contributed by atoms with Crippen molar-refractivity contribution in [3.63, 3.8) is 0 Å². The lowest BCUT2D eigenvalue weighted by molar-refractivity contribution is 0.0636. The predicted molar refractivity (Wildman–Crippen MR) is 78.3 cm³/mol. The van der Waals surface area contributed by atoms with Crippen LogP contribution >= 0.6 is 0 Å². The van der Waals surface area contributed by atoms with Gasteiger partial charge in [0.1, 0.15) is 0 Å². The zero-order valence-electron chi connectivity index (χ0n) is 11.8. The summed E-state index contributed by atoms with van der Waals surface area (Å²) in [5, 5.41) is 15.8. The SMILES string of the molecule is CCCC(C)(O)CNc1cc(N)ccc1C(=O)NC.